The summed E-state index contributed by atoms with van der Waals surface area (Å²) in [5.41, 5.74) is 0. The van der Waals surface area contributed by atoms with Crippen LogP contribution >= 0.6 is 7.82 Å². The smallest absolute Gasteiger partial charge is 0.457 e. The molecule has 0 aromatic carbocycles. The molecule has 0 aliphatic carbocycles. The molecule has 0 aliphatic heterocycles. The van der Waals surface area contributed by atoms with Crippen molar-refractivity contribution in [2.75, 3.05) is 33.0 Å². The standard InChI is InChI=1S/C50H93O9P/c1-3-5-7-9-11-13-15-17-19-20-21-22-23-24-25-26-27-29-31-33-35-37-39-41-43-56-46-49(47-58-60(54,55)57-45-48(52)44-51)59-50(53)42-40-38-36-34-32-30-28-18-16-14-12-10-8-6-4-2/h6,8,12,14,18,20-21,28,48-49,51-52H,3-5,7,9-11,13,15-17,19,22-27,29-47H2,1-2H3,(H,54,55)/b8-6-,14-12-,21-20-,28-18-. The van der Waals surface area contributed by atoms with Gasteiger partial charge in [0, 0.05) is 13.0 Å². The Labute approximate surface area is 368 Å². The van der Waals surface area contributed by atoms with Crippen molar-refractivity contribution in [3.05, 3.63) is 48.6 Å². The molecule has 0 aromatic heterocycles. The van der Waals surface area contributed by atoms with Crippen molar-refractivity contribution in [3.8, 4) is 0 Å². The molecule has 0 aliphatic rings. The maximum atomic E-state index is 12.6. The number of rotatable bonds is 47. The summed E-state index contributed by atoms with van der Waals surface area (Å²) in [6, 6.07) is 0. The number of aliphatic hydroxyl groups is 2. The minimum atomic E-state index is -4.53. The van der Waals surface area contributed by atoms with Gasteiger partial charge in [-0.15, -0.1) is 0 Å². The van der Waals surface area contributed by atoms with E-state index in [1.165, 1.54) is 122 Å². The summed E-state index contributed by atoms with van der Waals surface area (Å²) in [5.74, 6) is -0.398. The Morgan fingerprint density at radius 3 is 1.45 bits per heavy atom. The SMILES string of the molecule is CC/C=C\C/C=C\C/C=C\CCCCCCCC(=O)OC(COCCCCCCCCCCCCCC/C=C\CCCCCCCCCC)COP(=O)(O)OCC(O)CO. The minimum Gasteiger partial charge on any atom is -0.457 e. The number of allylic oxidation sites excluding steroid dienone is 8. The third kappa shape index (κ3) is 45.9. The molecule has 3 atom stereocenters. The lowest BCUT2D eigenvalue weighted by Gasteiger charge is -2.20. The fraction of sp³-hybridized carbons (Fsp3) is 0.820. The number of esters is 1. The van der Waals surface area contributed by atoms with Gasteiger partial charge in [-0.25, -0.2) is 4.57 Å². The minimum absolute atomic E-state index is 0.0419. The summed E-state index contributed by atoms with van der Waals surface area (Å²) in [6.45, 7) is 3.40. The number of carbonyl (C=O) groups is 1. The third-order valence-electron chi connectivity index (χ3n) is 10.5. The summed E-state index contributed by atoms with van der Waals surface area (Å²) in [4.78, 5) is 22.6. The van der Waals surface area contributed by atoms with Crippen LogP contribution in [0.3, 0.4) is 0 Å². The van der Waals surface area contributed by atoms with Crippen molar-refractivity contribution < 1.29 is 43.0 Å². The van der Waals surface area contributed by atoms with Crippen LogP contribution in [-0.4, -0.2) is 66.3 Å². The Hall–Kier alpha value is -1.58. The number of phosphoric acid groups is 1. The lowest BCUT2D eigenvalue weighted by atomic mass is 10.0. The van der Waals surface area contributed by atoms with Crippen molar-refractivity contribution in [2.45, 2.75) is 232 Å². The Morgan fingerprint density at radius 1 is 0.533 bits per heavy atom. The summed E-state index contributed by atoms with van der Waals surface area (Å²) in [6.07, 6.45) is 53.7. The first-order chi connectivity index (χ1) is 29.3. The number of hydrogen-bond donors (Lipinski definition) is 3. The number of carbonyl (C=O) groups excluding carboxylic acids is 1. The van der Waals surface area contributed by atoms with E-state index in [-0.39, 0.29) is 19.6 Å². The molecule has 0 radical (unpaired) electrons. The van der Waals surface area contributed by atoms with E-state index >= 15 is 0 Å². The summed E-state index contributed by atoms with van der Waals surface area (Å²) < 4.78 is 33.5. The zero-order valence-electron chi connectivity index (χ0n) is 38.7. The maximum absolute atomic E-state index is 12.6. The van der Waals surface area contributed by atoms with Gasteiger partial charge >= 0.3 is 13.8 Å². The van der Waals surface area contributed by atoms with Crippen LogP contribution in [0.4, 0.5) is 0 Å². The molecule has 0 bridgehead atoms. The monoisotopic (exact) mass is 869 g/mol. The van der Waals surface area contributed by atoms with Gasteiger partial charge in [-0.1, -0.05) is 191 Å². The zero-order valence-corrected chi connectivity index (χ0v) is 39.6. The van der Waals surface area contributed by atoms with Gasteiger partial charge in [0.2, 0.25) is 0 Å². The van der Waals surface area contributed by atoms with Gasteiger partial charge in [-0.2, -0.15) is 0 Å². The van der Waals surface area contributed by atoms with Gasteiger partial charge in [0.25, 0.3) is 0 Å². The maximum Gasteiger partial charge on any atom is 0.472 e. The second kappa shape index (κ2) is 46.9. The lowest BCUT2D eigenvalue weighted by molar-refractivity contribution is -0.154. The molecule has 0 fully saturated rings. The van der Waals surface area contributed by atoms with Crippen molar-refractivity contribution in [3.63, 3.8) is 0 Å². The van der Waals surface area contributed by atoms with E-state index in [9.17, 15) is 19.4 Å². The van der Waals surface area contributed by atoms with Crippen LogP contribution in [0.1, 0.15) is 219 Å². The molecule has 3 N–H and O–H groups in total. The van der Waals surface area contributed by atoms with Crippen LogP contribution in [0.15, 0.2) is 48.6 Å². The van der Waals surface area contributed by atoms with Crippen LogP contribution in [-0.2, 0) is 27.9 Å². The predicted molar refractivity (Wildman–Crippen MR) is 251 cm³/mol. The number of aliphatic hydroxyl groups excluding tert-OH is 2. The number of hydrogen-bond acceptors (Lipinski definition) is 8. The summed E-state index contributed by atoms with van der Waals surface area (Å²) in [5, 5.41) is 18.4. The van der Waals surface area contributed by atoms with Gasteiger partial charge in [0.1, 0.15) is 12.2 Å². The van der Waals surface area contributed by atoms with Crippen molar-refractivity contribution in [1.29, 1.82) is 0 Å². The number of phosphoric ester groups is 1. The van der Waals surface area contributed by atoms with Crippen LogP contribution in [0.25, 0.3) is 0 Å². The molecule has 0 saturated carbocycles. The molecule has 0 aromatic rings. The Bertz CT molecular complexity index is 1080. The highest BCUT2D eigenvalue weighted by molar-refractivity contribution is 7.47. The van der Waals surface area contributed by atoms with Crippen LogP contribution in [0.2, 0.25) is 0 Å². The first-order valence-electron chi connectivity index (χ1n) is 24.6. The number of ether oxygens (including phenoxy) is 2. The summed E-state index contributed by atoms with van der Waals surface area (Å²) in [7, 11) is -4.53. The van der Waals surface area contributed by atoms with Gasteiger partial charge in [0.05, 0.1) is 26.4 Å². The van der Waals surface area contributed by atoms with Gasteiger partial charge in [-0.3, -0.25) is 13.8 Å². The fourth-order valence-corrected chi connectivity index (χ4v) is 7.57. The molecule has 10 heteroatoms. The Balaban J connectivity index is 4.05. The van der Waals surface area contributed by atoms with E-state index in [0.717, 1.165) is 70.6 Å². The molecule has 3 unspecified atom stereocenters. The molecular formula is C50H93O9P. The summed E-state index contributed by atoms with van der Waals surface area (Å²) >= 11 is 0. The van der Waals surface area contributed by atoms with E-state index in [2.05, 4.69) is 62.5 Å². The molecule has 0 amide bonds. The van der Waals surface area contributed by atoms with E-state index in [1.807, 2.05) is 0 Å². The van der Waals surface area contributed by atoms with Crippen molar-refractivity contribution in [1.82, 2.24) is 0 Å². The zero-order chi connectivity index (χ0) is 43.9. The van der Waals surface area contributed by atoms with Crippen molar-refractivity contribution >= 4 is 13.8 Å². The van der Waals surface area contributed by atoms with E-state index in [0.29, 0.717) is 13.0 Å². The average Bonchev–Trinajstić information content (AvgIpc) is 3.24. The van der Waals surface area contributed by atoms with Crippen LogP contribution in [0.5, 0.6) is 0 Å². The van der Waals surface area contributed by atoms with Crippen molar-refractivity contribution in [2.24, 2.45) is 0 Å². The molecule has 0 spiro atoms. The molecular weight excluding hydrogens is 776 g/mol. The van der Waals surface area contributed by atoms with Gasteiger partial charge in [0.15, 0.2) is 0 Å². The molecule has 352 valence electrons. The Morgan fingerprint density at radius 2 is 0.950 bits per heavy atom. The quantitative estimate of drug-likeness (QED) is 0.0237. The molecule has 60 heavy (non-hydrogen) atoms. The fourth-order valence-electron chi connectivity index (χ4n) is 6.78. The topological polar surface area (TPSA) is 132 Å². The van der Waals surface area contributed by atoms with Gasteiger partial charge < -0.3 is 24.6 Å². The second-order valence-electron chi connectivity index (χ2n) is 16.4. The molecule has 9 nitrogen and oxygen atoms in total. The molecule has 0 rings (SSSR count). The van der Waals surface area contributed by atoms with E-state index in [4.69, 9.17) is 23.6 Å². The number of unbranched alkanes of at least 4 members (excludes halogenated alkanes) is 25. The average molecular weight is 869 g/mol. The van der Waals surface area contributed by atoms with Crippen LogP contribution in [0, 0.1) is 0 Å². The molecule has 0 heterocycles. The van der Waals surface area contributed by atoms with E-state index < -0.39 is 39.2 Å². The first kappa shape index (κ1) is 58.4. The largest absolute Gasteiger partial charge is 0.472 e. The highest BCUT2D eigenvalue weighted by Gasteiger charge is 2.26. The highest BCUT2D eigenvalue weighted by atomic mass is 31.2. The van der Waals surface area contributed by atoms with E-state index in [1.54, 1.807) is 0 Å². The van der Waals surface area contributed by atoms with Crippen LogP contribution < -0.4 is 0 Å². The lowest BCUT2D eigenvalue weighted by Crippen LogP contribution is -2.29. The second-order valence-corrected chi connectivity index (χ2v) is 17.9. The first-order valence-corrected chi connectivity index (χ1v) is 26.1. The normalized spacial score (nSPS) is 14.3. The highest BCUT2D eigenvalue weighted by Crippen LogP contribution is 2.43. The molecule has 0 saturated heterocycles. The Kier molecular flexibility index (Phi) is 45.7. The third-order valence-corrected chi connectivity index (χ3v) is 11.4. The van der Waals surface area contributed by atoms with Gasteiger partial charge in [-0.05, 0) is 70.6 Å². The predicted octanol–water partition coefficient (Wildman–Crippen LogP) is 14.1.